The van der Waals surface area contributed by atoms with Crippen LogP contribution in [-0.2, 0) is 20.5 Å². The van der Waals surface area contributed by atoms with Crippen LogP contribution in [-0.4, -0.2) is 75.7 Å². The summed E-state index contributed by atoms with van der Waals surface area (Å²) >= 11 is 0. The van der Waals surface area contributed by atoms with E-state index in [4.69, 9.17) is 14.5 Å². The largest absolute Gasteiger partial charge is 0.496 e. The molecule has 10 nitrogen and oxygen atoms in total. The van der Waals surface area contributed by atoms with Gasteiger partial charge in [-0.2, -0.15) is 5.10 Å². The number of aryl methyl sites for hydroxylation is 1. The van der Waals surface area contributed by atoms with Gasteiger partial charge in [-0.25, -0.2) is 9.78 Å². The minimum atomic E-state index is -0.459. The van der Waals surface area contributed by atoms with E-state index in [0.717, 1.165) is 55.5 Å². The van der Waals surface area contributed by atoms with Crippen molar-refractivity contribution in [3.8, 4) is 17.0 Å². The number of aliphatic hydroxyl groups excluding tert-OH is 1. The van der Waals surface area contributed by atoms with Crippen molar-refractivity contribution in [2.24, 2.45) is 11.3 Å². The number of nitrogens with zero attached hydrogens (tertiary/aromatic N) is 5. The molecule has 4 aliphatic carbocycles. The Bertz CT molecular complexity index is 1690. The molecule has 4 saturated carbocycles. The highest BCUT2D eigenvalue weighted by molar-refractivity contribution is 5.94. The van der Waals surface area contributed by atoms with Crippen molar-refractivity contribution < 1.29 is 24.2 Å². The summed E-state index contributed by atoms with van der Waals surface area (Å²) in [5.74, 6) is 1.60. The number of benzene rings is 1. The SMILES string of the molecule is COc1ccc(C23CCC(CN(c4cccc(-c5cnn(C(C)(C)C)c5)n4)C(=O)[C@H]4CC[C@H](OC(=O)N5CC(O)C5)CC4)(CC2)CC3)cc1C. The average molecular weight is 684 g/mol. The quantitative estimate of drug-likeness (QED) is 0.272. The number of hydrogen-bond acceptors (Lipinski definition) is 7. The van der Waals surface area contributed by atoms with Gasteiger partial charge in [0, 0.05) is 24.2 Å². The summed E-state index contributed by atoms with van der Waals surface area (Å²) in [7, 11) is 1.73. The van der Waals surface area contributed by atoms with Crippen LogP contribution in [0.4, 0.5) is 10.6 Å². The van der Waals surface area contributed by atoms with Crippen molar-refractivity contribution in [1.29, 1.82) is 0 Å². The van der Waals surface area contributed by atoms with Crippen molar-refractivity contribution in [2.45, 2.75) is 115 Å². The predicted octanol–water partition coefficient (Wildman–Crippen LogP) is 7.01. The molecule has 5 aliphatic rings. The van der Waals surface area contributed by atoms with Gasteiger partial charge in [0.25, 0.3) is 0 Å². The Hall–Kier alpha value is -3.92. The minimum absolute atomic E-state index is 0.0439. The Morgan fingerprint density at radius 2 is 1.70 bits per heavy atom. The van der Waals surface area contributed by atoms with Gasteiger partial charge in [0.05, 0.1) is 43.7 Å². The number of anilines is 1. The maximum absolute atomic E-state index is 14.7. The van der Waals surface area contributed by atoms with E-state index in [0.29, 0.717) is 51.1 Å². The van der Waals surface area contributed by atoms with Crippen LogP contribution < -0.4 is 9.64 Å². The molecule has 1 saturated heterocycles. The summed E-state index contributed by atoms with van der Waals surface area (Å²) in [5, 5.41) is 14.2. The number of aromatic nitrogens is 3. The molecule has 2 aromatic heterocycles. The van der Waals surface area contributed by atoms with Crippen LogP contribution in [0.5, 0.6) is 5.75 Å². The second kappa shape index (κ2) is 13.3. The van der Waals surface area contributed by atoms with E-state index in [1.165, 1.54) is 16.0 Å². The van der Waals surface area contributed by atoms with Gasteiger partial charge in [-0.1, -0.05) is 18.2 Å². The first-order chi connectivity index (χ1) is 23.9. The summed E-state index contributed by atoms with van der Waals surface area (Å²) in [6.45, 7) is 9.81. The molecule has 2 bridgehead atoms. The first-order valence-corrected chi connectivity index (χ1v) is 18.5. The first-order valence-electron chi connectivity index (χ1n) is 18.5. The van der Waals surface area contributed by atoms with Crippen LogP contribution in [0.25, 0.3) is 11.3 Å². The molecule has 8 rings (SSSR count). The summed E-state index contributed by atoms with van der Waals surface area (Å²) in [6, 6.07) is 12.7. The number of likely N-dealkylation sites (tertiary alicyclic amines) is 1. The molecular formula is C40H53N5O5. The van der Waals surface area contributed by atoms with E-state index < -0.39 is 6.10 Å². The molecular weight excluding hydrogens is 630 g/mol. The molecule has 2 amide bonds. The molecule has 50 heavy (non-hydrogen) atoms. The maximum Gasteiger partial charge on any atom is 0.410 e. The van der Waals surface area contributed by atoms with Gasteiger partial charge in [-0.15, -0.1) is 0 Å². The number of rotatable bonds is 8. The van der Waals surface area contributed by atoms with Crippen molar-refractivity contribution in [3.63, 3.8) is 0 Å². The van der Waals surface area contributed by atoms with Crippen molar-refractivity contribution >= 4 is 17.8 Å². The third kappa shape index (κ3) is 6.75. The maximum atomic E-state index is 14.7. The summed E-state index contributed by atoms with van der Waals surface area (Å²) < 4.78 is 13.3. The zero-order valence-electron chi connectivity index (χ0n) is 30.4. The van der Waals surface area contributed by atoms with Crippen LogP contribution in [0.3, 0.4) is 0 Å². The highest BCUT2D eigenvalue weighted by Crippen LogP contribution is 2.58. The Balaban J connectivity index is 1.10. The van der Waals surface area contributed by atoms with Gasteiger partial charge in [-0.3, -0.25) is 14.4 Å². The number of amides is 2. The van der Waals surface area contributed by atoms with Gasteiger partial charge in [0.2, 0.25) is 5.91 Å². The Labute approximate surface area is 296 Å². The Morgan fingerprint density at radius 3 is 2.30 bits per heavy atom. The summed E-state index contributed by atoms with van der Waals surface area (Å²) in [6.07, 6.45) is 12.1. The average Bonchev–Trinajstić information content (AvgIpc) is 3.62. The molecule has 1 aliphatic heterocycles. The number of carbonyl (C=O) groups excluding carboxylic acids is 2. The number of hydrogen-bond donors (Lipinski definition) is 1. The molecule has 0 radical (unpaired) electrons. The number of β-amino-alcohol motifs (C(OH)–C–C–N with tert-alkyl or cyclic N) is 1. The van der Waals surface area contributed by atoms with Crippen LogP contribution in [0, 0.1) is 18.3 Å². The van der Waals surface area contributed by atoms with Crippen molar-refractivity contribution in [2.75, 3.05) is 31.6 Å². The van der Waals surface area contributed by atoms with E-state index in [2.05, 4.69) is 51.0 Å². The molecule has 0 unspecified atom stereocenters. The molecule has 0 spiro atoms. The van der Waals surface area contributed by atoms with E-state index >= 15 is 0 Å². The standard InChI is InChI=1S/C40H53N5O5/c1-27-21-30(11-14-34(27)49-5)40-18-15-39(16-19-40,17-20-40)26-44(35-8-6-7-33(42-35)29-22-41-45(23-29)38(2,3)4)36(47)28-9-12-32(13-10-28)50-37(48)43-24-31(46)25-43/h6-8,11,14,21-23,28,31-32,46H,9-10,12-13,15-20,24-26H2,1-5H3/t28-,32-,39?,40?. The second-order valence-corrected chi connectivity index (χ2v) is 16.5. The molecule has 1 aromatic carbocycles. The highest BCUT2D eigenvalue weighted by Gasteiger charge is 2.51. The molecule has 1 N–H and O–H groups in total. The fourth-order valence-corrected chi connectivity index (χ4v) is 8.77. The van der Waals surface area contributed by atoms with Crippen molar-refractivity contribution in [3.05, 3.63) is 59.9 Å². The molecule has 3 heterocycles. The lowest BCUT2D eigenvalue weighted by Gasteiger charge is -2.55. The van der Waals surface area contributed by atoms with Crippen LogP contribution in [0.15, 0.2) is 48.8 Å². The van der Waals surface area contributed by atoms with Crippen LogP contribution >= 0.6 is 0 Å². The van der Waals surface area contributed by atoms with Crippen LogP contribution in [0.1, 0.15) is 96.1 Å². The third-order valence-electron chi connectivity index (χ3n) is 12.2. The number of methoxy groups -OCH3 is 1. The predicted molar refractivity (Wildman–Crippen MR) is 192 cm³/mol. The zero-order chi connectivity index (χ0) is 35.3. The Kier molecular flexibility index (Phi) is 9.20. The fourth-order valence-electron chi connectivity index (χ4n) is 8.77. The van der Waals surface area contributed by atoms with E-state index in [1.807, 2.05) is 40.2 Å². The van der Waals surface area contributed by atoms with E-state index in [-0.39, 0.29) is 40.4 Å². The number of carbonyl (C=O) groups is 2. The highest BCUT2D eigenvalue weighted by atomic mass is 16.6. The van der Waals surface area contributed by atoms with Gasteiger partial charge >= 0.3 is 6.09 Å². The summed E-state index contributed by atoms with van der Waals surface area (Å²) in [4.78, 5) is 35.8. The monoisotopic (exact) mass is 683 g/mol. The van der Waals surface area contributed by atoms with Gasteiger partial charge in [0.15, 0.2) is 0 Å². The van der Waals surface area contributed by atoms with E-state index in [9.17, 15) is 14.7 Å². The zero-order valence-corrected chi connectivity index (χ0v) is 30.4. The molecule has 0 atom stereocenters. The number of aliphatic hydroxyl groups is 1. The smallest absolute Gasteiger partial charge is 0.410 e. The number of fused-ring (bicyclic) bond motifs is 3. The van der Waals surface area contributed by atoms with Crippen molar-refractivity contribution in [1.82, 2.24) is 19.7 Å². The first kappa shape index (κ1) is 34.5. The van der Waals surface area contributed by atoms with Gasteiger partial charge in [0.1, 0.15) is 17.7 Å². The Morgan fingerprint density at radius 1 is 1.00 bits per heavy atom. The molecule has 10 heteroatoms. The normalized spacial score (nSPS) is 26.7. The number of pyridine rings is 1. The number of ether oxygens (including phenoxy) is 2. The molecule has 3 aromatic rings. The molecule has 5 fully saturated rings. The lowest BCUT2D eigenvalue weighted by molar-refractivity contribution is -0.124. The summed E-state index contributed by atoms with van der Waals surface area (Å²) in [5.41, 5.74) is 4.42. The van der Waals surface area contributed by atoms with Gasteiger partial charge < -0.3 is 19.5 Å². The lowest BCUT2D eigenvalue weighted by Crippen LogP contribution is -2.54. The topological polar surface area (TPSA) is 110 Å². The van der Waals surface area contributed by atoms with E-state index in [1.54, 1.807) is 7.11 Å². The minimum Gasteiger partial charge on any atom is -0.496 e. The fraction of sp³-hybridized carbons (Fsp3) is 0.600. The van der Waals surface area contributed by atoms with Gasteiger partial charge in [-0.05, 0) is 132 Å². The second-order valence-electron chi connectivity index (χ2n) is 16.5. The lowest BCUT2D eigenvalue weighted by atomic mass is 9.51. The molecule has 268 valence electrons. The third-order valence-corrected chi connectivity index (χ3v) is 12.2. The van der Waals surface area contributed by atoms with Crippen LogP contribution in [0.2, 0.25) is 0 Å².